The van der Waals surface area contributed by atoms with E-state index in [1.54, 1.807) is 0 Å². The SMILES string of the molecule is Cl.NC1=NC(=NCc2ccccc2)CS1. The average molecular weight is 242 g/mol. The van der Waals surface area contributed by atoms with E-state index in [4.69, 9.17) is 5.73 Å². The first-order chi connectivity index (χ1) is 6.84. The van der Waals surface area contributed by atoms with Crippen LogP contribution >= 0.6 is 24.2 Å². The van der Waals surface area contributed by atoms with Gasteiger partial charge < -0.3 is 5.73 Å². The van der Waals surface area contributed by atoms with Crippen LogP contribution in [0.2, 0.25) is 0 Å². The summed E-state index contributed by atoms with van der Waals surface area (Å²) in [4.78, 5) is 8.48. The number of halogens is 1. The fraction of sp³-hybridized carbons (Fsp3) is 0.200. The lowest BCUT2D eigenvalue weighted by molar-refractivity contribution is 1.06. The van der Waals surface area contributed by atoms with Crippen molar-refractivity contribution in [3.8, 4) is 0 Å². The number of thioether (sulfide) groups is 1. The van der Waals surface area contributed by atoms with Gasteiger partial charge in [0.15, 0.2) is 5.17 Å². The van der Waals surface area contributed by atoms with E-state index in [0.717, 1.165) is 11.6 Å². The second-order valence-corrected chi connectivity index (χ2v) is 3.95. The third-order valence-corrected chi connectivity index (χ3v) is 2.66. The summed E-state index contributed by atoms with van der Waals surface area (Å²) < 4.78 is 0. The van der Waals surface area contributed by atoms with E-state index in [9.17, 15) is 0 Å². The molecule has 1 aromatic rings. The number of hydrogen-bond acceptors (Lipinski definition) is 3. The van der Waals surface area contributed by atoms with Crippen LogP contribution in [0.5, 0.6) is 0 Å². The van der Waals surface area contributed by atoms with Gasteiger partial charge in [0.1, 0.15) is 5.84 Å². The van der Waals surface area contributed by atoms with Crippen molar-refractivity contribution < 1.29 is 0 Å². The first-order valence-corrected chi connectivity index (χ1v) is 5.37. The molecule has 3 nitrogen and oxygen atoms in total. The second-order valence-electron chi connectivity index (χ2n) is 2.96. The van der Waals surface area contributed by atoms with Gasteiger partial charge in [-0.3, -0.25) is 4.99 Å². The molecule has 0 atom stereocenters. The molecule has 0 unspecified atom stereocenters. The molecule has 2 N–H and O–H groups in total. The van der Waals surface area contributed by atoms with Gasteiger partial charge in [-0.2, -0.15) is 0 Å². The van der Waals surface area contributed by atoms with Gasteiger partial charge in [-0.1, -0.05) is 42.1 Å². The minimum Gasteiger partial charge on any atom is -0.378 e. The summed E-state index contributed by atoms with van der Waals surface area (Å²) in [6, 6.07) is 10.1. The molecule has 0 saturated heterocycles. The highest BCUT2D eigenvalue weighted by Gasteiger charge is 2.08. The van der Waals surface area contributed by atoms with Crippen molar-refractivity contribution >= 4 is 35.2 Å². The van der Waals surface area contributed by atoms with Gasteiger partial charge in [-0.05, 0) is 5.56 Å². The second kappa shape index (κ2) is 5.78. The standard InChI is InChI=1S/C10H11N3S.ClH/c11-10-13-9(7-14-10)12-6-8-4-2-1-3-5-8;/h1-5H,6-7H2,(H2,11,12,13);1H. The highest BCUT2D eigenvalue weighted by Crippen LogP contribution is 2.11. The summed E-state index contributed by atoms with van der Waals surface area (Å²) in [6.07, 6.45) is 0. The topological polar surface area (TPSA) is 50.7 Å². The molecule has 0 bridgehead atoms. The van der Waals surface area contributed by atoms with Crippen LogP contribution in [0.25, 0.3) is 0 Å². The van der Waals surface area contributed by atoms with E-state index in [1.807, 2.05) is 18.2 Å². The van der Waals surface area contributed by atoms with Crippen LogP contribution in [0.4, 0.5) is 0 Å². The quantitative estimate of drug-likeness (QED) is 0.862. The first-order valence-electron chi connectivity index (χ1n) is 4.39. The molecule has 2 rings (SSSR count). The number of benzene rings is 1. The molecular formula is C10H12ClN3S. The van der Waals surface area contributed by atoms with Crippen LogP contribution in [-0.4, -0.2) is 16.8 Å². The van der Waals surface area contributed by atoms with Crippen molar-refractivity contribution in [1.29, 1.82) is 0 Å². The lowest BCUT2D eigenvalue weighted by atomic mass is 10.2. The minimum absolute atomic E-state index is 0. The van der Waals surface area contributed by atoms with Crippen LogP contribution < -0.4 is 5.73 Å². The zero-order valence-corrected chi connectivity index (χ0v) is 9.72. The van der Waals surface area contributed by atoms with E-state index in [1.165, 1.54) is 17.3 Å². The molecule has 0 fully saturated rings. The summed E-state index contributed by atoms with van der Waals surface area (Å²) >= 11 is 1.54. The van der Waals surface area contributed by atoms with Gasteiger partial charge >= 0.3 is 0 Å². The van der Waals surface area contributed by atoms with Crippen molar-refractivity contribution in [1.82, 2.24) is 0 Å². The summed E-state index contributed by atoms with van der Waals surface area (Å²) in [5.41, 5.74) is 6.73. The molecule has 0 amide bonds. The highest BCUT2D eigenvalue weighted by atomic mass is 35.5. The lowest BCUT2D eigenvalue weighted by Crippen LogP contribution is -2.01. The number of hydrogen-bond donors (Lipinski definition) is 1. The van der Waals surface area contributed by atoms with Crippen molar-refractivity contribution in [2.75, 3.05) is 5.75 Å². The molecule has 0 aromatic heterocycles. The fourth-order valence-corrected chi connectivity index (χ4v) is 1.78. The Hall–Kier alpha value is -1.00. The third kappa shape index (κ3) is 3.57. The lowest BCUT2D eigenvalue weighted by Gasteiger charge is -1.95. The molecule has 5 heteroatoms. The van der Waals surface area contributed by atoms with Crippen LogP contribution in [0.3, 0.4) is 0 Å². The molecule has 0 aliphatic carbocycles. The van der Waals surface area contributed by atoms with Gasteiger partial charge in [0.25, 0.3) is 0 Å². The van der Waals surface area contributed by atoms with E-state index in [0.29, 0.717) is 11.7 Å². The van der Waals surface area contributed by atoms with Gasteiger partial charge in [0.05, 0.1) is 12.3 Å². The normalized spacial score (nSPS) is 17.3. The first kappa shape index (κ1) is 12.1. The maximum Gasteiger partial charge on any atom is 0.161 e. The smallest absolute Gasteiger partial charge is 0.161 e. The Morgan fingerprint density at radius 1 is 1.33 bits per heavy atom. The number of nitrogens with two attached hydrogens (primary N) is 1. The van der Waals surface area contributed by atoms with E-state index in [-0.39, 0.29) is 12.4 Å². The maximum atomic E-state index is 5.53. The Morgan fingerprint density at radius 2 is 2.07 bits per heavy atom. The van der Waals surface area contributed by atoms with Crippen molar-refractivity contribution in [3.63, 3.8) is 0 Å². The van der Waals surface area contributed by atoms with Crippen molar-refractivity contribution in [3.05, 3.63) is 35.9 Å². The molecule has 0 saturated carbocycles. The van der Waals surface area contributed by atoms with Gasteiger partial charge in [0, 0.05) is 0 Å². The fourth-order valence-electron chi connectivity index (χ4n) is 1.18. The molecule has 15 heavy (non-hydrogen) atoms. The van der Waals surface area contributed by atoms with Crippen LogP contribution in [0, 0.1) is 0 Å². The Morgan fingerprint density at radius 3 is 2.67 bits per heavy atom. The predicted octanol–water partition coefficient (Wildman–Crippen LogP) is 2.07. The Balaban J connectivity index is 0.00000112. The summed E-state index contributed by atoms with van der Waals surface area (Å²) in [5, 5.41) is 0.622. The van der Waals surface area contributed by atoms with E-state index in [2.05, 4.69) is 22.1 Å². The Bertz CT molecular complexity index is 376. The largest absolute Gasteiger partial charge is 0.378 e. The third-order valence-electron chi connectivity index (χ3n) is 1.88. The average Bonchev–Trinajstić information content (AvgIpc) is 2.63. The molecular weight excluding hydrogens is 230 g/mol. The molecule has 1 heterocycles. The predicted molar refractivity (Wildman–Crippen MR) is 68.9 cm³/mol. The number of amidine groups is 2. The Labute approximate surface area is 99.3 Å². The summed E-state index contributed by atoms with van der Waals surface area (Å²) in [6.45, 7) is 0.688. The zero-order chi connectivity index (χ0) is 9.80. The Kier molecular flexibility index (Phi) is 4.65. The molecule has 1 aliphatic rings. The van der Waals surface area contributed by atoms with Crippen LogP contribution in [-0.2, 0) is 6.54 Å². The summed E-state index contributed by atoms with van der Waals surface area (Å²) in [5.74, 6) is 1.65. The van der Waals surface area contributed by atoms with E-state index >= 15 is 0 Å². The van der Waals surface area contributed by atoms with Gasteiger partial charge in [-0.15, -0.1) is 12.4 Å². The van der Waals surface area contributed by atoms with Gasteiger partial charge in [0.2, 0.25) is 0 Å². The van der Waals surface area contributed by atoms with Crippen molar-refractivity contribution in [2.45, 2.75) is 6.54 Å². The van der Waals surface area contributed by atoms with Crippen LogP contribution in [0.15, 0.2) is 40.3 Å². The van der Waals surface area contributed by atoms with Gasteiger partial charge in [-0.25, -0.2) is 4.99 Å². The monoisotopic (exact) mass is 241 g/mol. The molecule has 1 aliphatic heterocycles. The molecule has 1 aromatic carbocycles. The molecule has 0 spiro atoms. The molecule has 0 radical (unpaired) electrons. The maximum absolute atomic E-state index is 5.53. The number of aliphatic imine (C=N–C) groups is 2. The van der Waals surface area contributed by atoms with E-state index < -0.39 is 0 Å². The number of rotatable bonds is 2. The zero-order valence-electron chi connectivity index (χ0n) is 8.09. The highest BCUT2D eigenvalue weighted by molar-refractivity contribution is 8.14. The van der Waals surface area contributed by atoms with Crippen LogP contribution in [0.1, 0.15) is 5.56 Å². The summed E-state index contributed by atoms with van der Waals surface area (Å²) in [7, 11) is 0. The molecule has 80 valence electrons. The minimum atomic E-state index is 0. The number of nitrogens with zero attached hydrogens (tertiary/aromatic N) is 2. The van der Waals surface area contributed by atoms with Crippen molar-refractivity contribution in [2.24, 2.45) is 15.7 Å².